The van der Waals surface area contributed by atoms with Crippen molar-refractivity contribution >= 4 is 57.3 Å². The summed E-state index contributed by atoms with van der Waals surface area (Å²) in [6, 6.07) is 18.4. The molecular weight excluding hydrogens is 343 g/mol. The van der Waals surface area contributed by atoms with Crippen molar-refractivity contribution in [1.29, 1.82) is 0 Å². The summed E-state index contributed by atoms with van der Waals surface area (Å²) in [5.41, 5.74) is 16.3. The third kappa shape index (κ3) is 3.50. The van der Waals surface area contributed by atoms with E-state index in [1.54, 1.807) is 24.3 Å². The average Bonchev–Trinajstić information content (AvgIpc) is 2.56. The van der Waals surface area contributed by atoms with Crippen LogP contribution in [0.1, 0.15) is 0 Å². The third-order valence-corrected chi connectivity index (χ3v) is 4.17. The second kappa shape index (κ2) is 6.91. The van der Waals surface area contributed by atoms with Gasteiger partial charge < -0.3 is 22.1 Å². The van der Waals surface area contributed by atoms with Gasteiger partial charge in [0, 0.05) is 0 Å². The van der Waals surface area contributed by atoms with Gasteiger partial charge in [-0.05, 0) is 36.4 Å². The first-order valence-corrected chi connectivity index (χ1v) is 8.02. The minimum Gasteiger partial charge on any atom is -0.397 e. The quantitative estimate of drug-likeness (QED) is 0.455. The first-order valence-electron chi connectivity index (χ1n) is 7.26. The van der Waals surface area contributed by atoms with Gasteiger partial charge in [-0.3, -0.25) is 0 Å². The number of nitrogens with one attached hydrogen (secondary N) is 2. The molecule has 6 N–H and O–H groups in total. The van der Waals surface area contributed by atoms with Gasteiger partial charge in [0.2, 0.25) is 0 Å². The maximum Gasteiger partial charge on any atom is 0.0640 e. The molecule has 0 spiro atoms. The topological polar surface area (TPSA) is 76.1 Å². The molecule has 0 radical (unpaired) electrons. The largest absolute Gasteiger partial charge is 0.397 e. The van der Waals surface area contributed by atoms with Crippen LogP contribution < -0.4 is 22.1 Å². The molecule has 0 amide bonds. The van der Waals surface area contributed by atoms with E-state index in [4.69, 9.17) is 34.7 Å². The second-order valence-corrected chi connectivity index (χ2v) is 6.05. The first-order chi connectivity index (χ1) is 11.5. The fourth-order valence-electron chi connectivity index (χ4n) is 2.27. The lowest BCUT2D eigenvalue weighted by molar-refractivity contribution is 1.51. The summed E-state index contributed by atoms with van der Waals surface area (Å²) in [5, 5.41) is 7.60. The SMILES string of the molecule is Nc1cc(Nc2ccccc2Cl)c(N)cc1Nc1ccccc1Cl. The van der Waals surface area contributed by atoms with Crippen molar-refractivity contribution < 1.29 is 0 Å². The summed E-state index contributed by atoms with van der Waals surface area (Å²) >= 11 is 12.3. The number of halogens is 2. The van der Waals surface area contributed by atoms with Crippen LogP contribution in [0.25, 0.3) is 0 Å². The van der Waals surface area contributed by atoms with Gasteiger partial charge in [0.05, 0.1) is 44.2 Å². The molecule has 122 valence electrons. The Balaban J connectivity index is 1.89. The Morgan fingerprint density at radius 3 is 1.33 bits per heavy atom. The highest BCUT2D eigenvalue weighted by Gasteiger charge is 2.09. The van der Waals surface area contributed by atoms with Crippen molar-refractivity contribution in [3.05, 3.63) is 70.7 Å². The van der Waals surface area contributed by atoms with Crippen LogP contribution in [0, 0.1) is 0 Å². The van der Waals surface area contributed by atoms with E-state index in [-0.39, 0.29) is 0 Å². The fraction of sp³-hybridized carbons (Fsp3) is 0. The third-order valence-electron chi connectivity index (χ3n) is 3.51. The van der Waals surface area contributed by atoms with Gasteiger partial charge in [-0.1, -0.05) is 47.5 Å². The molecule has 0 saturated heterocycles. The Labute approximate surface area is 150 Å². The van der Waals surface area contributed by atoms with Gasteiger partial charge in [-0.25, -0.2) is 0 Å². The molecule has 3 rings (SSSR count). The Hall–Kier alpha value is -2.56. The number of hydrogen-bond acceptors (Lipinski definition) is 4. The minimum atomic E-state index is 0.540. The molecular formula is C18H16Cl2N4. The van der Waals surface area contributed by atoms with E-state index in [2.05, 4.69) is 10.6 Å². The van der Waals surface area contributed by atoms with Crippen LogP contribution in [0.5, 0.6) is 0 Å². The van der Waals surface area contributed by atoms with Crippen molar-refractivity contribution in [3.63, 3.8) is 0 Å². The normalized spacial score (nSPS) is 10.4. The van der Waals surface area contributed by atoms with Crippen molar-refractivity contribution in [2.45, 2.75) is 0 Å². The standard InChI is InChI=1S/C18H16Cl2N4/c19-11-5-1-3-7-15(11)23-17-9-14(22)18(10-13(17)21)24-16-8-4-2-6-12(16)20/h1-10,23-24H,21-22H2. The zero-order chi connectivity index (χ0) is 17.1. The molecule has 6 heteroatoms. The maximum absolute atomic E-state index is 6.16. The number of para-hydroxylation sites is 2. The Kier molecular flexibility index (Phi) is 4.69. The molecule has 3 aromatic carbocycles. The van der Waals surface area contributed by atoms with Gasteiger partial charge in [-0.15, -0.1) is 0 Å². The summed E-state index contributed by atoms with van der Waals surface area (Å²) in [6.07, 6.45) is 0. The predicted octanol–water partition coefficient (Wildman–Crippen LogP) is 5.65. The monoisotopic (exact) mass is 358 g/mol. The lowest BCUT2D eigenvalue weighted by atomic mass is 10.2. The zero-order valence-electron chi connectivity index (χ0n) is 12.7. The summed E-state index contributed by atoms with van der Waals surface area (Å²) in [4.78, 5) is 0. The molecule has 0 aliphatic rings. The molecule has 24 heavy (non-hydrogen) atoms. The molecule has 0 unspecified atom stereocenters. The van der Waals surface area contributed by atoms with Gasteiger partial charge in [0.15, 0.2) is 0 Å². The lowest BCUT2D eigenvalue weighted by Gasteiger charge is -2.16. The van der Waals surface area contributed by atoms with Crippen LogP contribution in [0.2, 0.25) is 10.0 Å². The predicted molar refractivity (Wildman–Crippen MR) is 105 cm³/mol. The molecule has 0 fully saturated rings. The molecule has 0 bridgehead atoms. The van der Waals surface area contributed by atoms with Crippen LogP contribution in [0.3, 0.4) is 0 Å². The van der Waals surface area contributed by atoms with Crippen molar-refractivity contribution in [2.75, 3.05) is 22.1 Å². The molecule has 0 aromatic heterocycles. The van der Waals surface area contributed by atoms with Crippen LogP contribution in [0.4, 0.5) is 34.1 Å². The van der Waals surface area contributed by atoms with Gasteiger partial charge >= 0.3 is 0 Å². The van der Waals surface area contributed by atoms with E-state index < -0.39 is 0 Å². The summed E-state index contributed by atoms with van der Waals surface area (Å²) in [7, 11) is 0. The molecule has 3 aromatic rings. The molecule has 4 nitrogen and oxygen atoms in total. The van der Waals surface area contributed by atoms with Crippen LogP contribution in [0.15, 0.2) is 60.7 Å². The maximum atomic E-state index is 6.16. The minimum absolute atomic E-state index is 0.540. The summed E-state index contributed by atoms with van der Waals surface area (Å²) in [5.74, 6) is 0. The Bertz CT molecular complexity index is 807. The van der Waals surface area contributed by atoms with E-state index in [1.165, 1.54) is 0 Å². The van der Waals surface area contributed by atoms with Gasteiger partial charge in [-0.2, -0.15) is 0 Å². The fourth-order valence-corrected chi connectivity index (χ4v) is 2.63. The Morgan fingerprint density at radius 2 is 0.958 bits per heavy atom. The molecule has 0 aliphatic carbocycles. The van der Waals surface area contributed by atoms with E-state index in [0.29, 0.717) is 32.8 Å². The number of hydrogen-bond donors (Lipinski definition) is 4. The smallest absolute Gasteiger partial charge is 0.0640 e. The van der Waals surface area contributed by atoms with Crippen LogP contribution >= 0.6 is 23.2 Å². The number of anilines is 6. The number of nitrogens with two attached hydrogens (primary N) is 2. The van der Waals surface area contributed by atoms with E-state index in [0.717, 1.165) is 11.4 Å². The van der Waals surface area contributed by atoms with Crippen LogP contribution in [-0.4, -0.2) is 0 Å². The van der Waals surface area contributed by atoms with Gasteiger partial charge in [0.1, 0.15) is 0 Å². The molecule has 0 atom stereocenters. The number of nitrogen functional groups attached to an aromatic ring is 2. The molecule has 0 heterocycles. The highest BCUT2D eigenvalue weighted by Crippen LogP contribution is 2.35. The first kappa shape index (κ1) is 16.3. The Morgan fingerprint density at radius 1 is 0.583 bits per heavy atom. The van der Waals surface area contributed by atoms with Crippen LogP contribution in [-0.2, 0) is 0 Å². The number of benzene rings is 3. The van der Waals surface area contributed by atoms with Crippen molar-refractivity contribution in [2.24, 2.45) is 0 Å². The second-order valence-electron chi connectivity index (χ2n) is 5.24. The highest BCUT2D eigenvalue weighted by molar-refractivity contribution is 6.33. The highest BCUT2D eigenvalue weighted by atomic mass is 35.5. The molecule has 0 saturated carbocycles. The zero-order valence-corrected chi connectivity index (χ0v) is 14.2. The number of rotatable bonds is 4. The van der Waals surface area contributed by atoms with E-state index >= 15 is 0 Å². The van der Waals surface area contributed by atoms with E-state index in [9.17, 15) is 0 Å². The van der Waals surface area contributed by atoms with E-state index in [1.807, 2.05) is 36.4 Å². The average molecular weight is 359 g/mol. The van der Waals surface area contributed by atoms with Crippen molar-refractivity contribution in [3.8, 4) is 0 Å². The summed E-state index contributed by atoms with van der Waals surface area (Å²) < 4.78 is 0. The van der Waals surface area contributed by atoms with Gasteiger partial charge in [0.25, 0.3) is 0 Å². The van der Waals surface area contributed by atoms with Crippen molar-refractivity contribution in [1.82, 2.24) is 0 Å². The molecule has 0 aliphatic heterocycles. The lowest BCUT2D eigenvalue weighted by Crippen LogP contribution is -2.02. The summed E-state index contributed by atoms with van der Waals surface area (Å²) in [6.45, 7) is 0.